The monoisotopic (exact) mass is 468 g/mol. The maximum atomic E-state index is 13.5. The molecule has 0 radical (unpaired) electrons. The molecule has 0 atom stereocenters. The Morgan fingerprint density at radius 2 is 1.94 bits per heavy atom. The van der Waals surface area contributed by atoms with E-state index in [1.54, 1.807) is 16.3 Å². The van der Waals surface area contributed by atoms with Crippen LogP contribution in [0.5, 0.6) is 5.88 Å². The van der Waals surface area contributed by atoms with Crippen molar-refractivity contribution in [3.63, 3.8) is 0 Å². The van der Waals surface area contributed by atoms with Gasteiger partial charge < -0.3 is 9.64 Å². The molecule has 1 saturated heterocycles. The van der Waals surface area contributed by atoms with Gasteiger partial charge in [0.15, 0.2) is 10.8 Å². The molecule has 1 amide bonds. The summed E-state index contributed by atoms with van der Waals surface area (Å²) in [5.41, 5.74) is 1.02. The van der Waals surface area contributed by atoms with Gasteiger partial charge in [0.25, 0.3) is 0 Å². The summed E-state index contributed by atoms with van der Waals surface area (Å²) in [6.07, 6.45) is 1.06. The van der Waals surface area contributed by atoms with Crippen molar-refractivity contribution in [1.82, 2.24) is 19.9 Å². The molecule has 2 aromatic rings. The number of ether oxygens (including phenoxy) is 1. The van der Waals surface area contributed by atoms with Crippen LogP contribution in [0.3, 0.4) is 0 Å². The minimum Gasteiger partial charge on any atom is -0.470 e. The molecule has 2 fully saturated rings. The zero-order chi connectivity index (χ0) is 22.9. The fourth-order valence-electron chi connectivity index (χ4n) is 4.03. The quantitative estimate of drug-likeness (QED) is 0.590. The van der Waals surface area contributed by atoms with Crippen molar-refractivity contribution in [2.45, 2.75) is 64.7 Å². The third-order valence-electron chi connectivity index (χ3n) is 5.91. The Kier molecular flexibility index (Phi) is 6.69. The maximum absolute atomic E-state index is 13.5. The Morgan fingerprint density at radius 1 is 1.22 bits per heavy atom. The van der Waals surface area contributed by atoms with Crippen molar-refractivity contribution in [2.75, 3.05) is 13.1 Å². The lowest BCUT2D eigenvalue weighted by Crippen LogP contribution is -2.57. The summed E-state index contributed by atoms with van der Waals surface area (Å²) >= 11 is 1.25. The Morgan fingerprint density at radius 3 is 2.56 bits per heavy atom. The number of nitrogens with zero attached hydrogens (tertiary/aromatic N) is 4. The smallest absolute Gasteiger partial charge is 0.248 e. The summed E-state index contributed by atoms with van der Waals surface area (Å²) in [4.78, 5) is 27.1. The number of hydrogen-bond donors (Lipinski definition) is 0. The largest absolute Gasteiger partial charge is 0.470 e. The molecule has 3 heterocycles. The lowest BCUT2D eigenvalue weighted by Gasteiger charge is -2.39. The van der Waals surface area contributed by atoms with Gasteiger partial charge >= 0.3 is 0 Å². The summed E-state index contributed by atoms with van der Waals surface area (Å²) in [5.74, 6) is -1.72. The SMILES string of the molecule is CC(C)C(=O)N1CC(Oc2cc(CC3CCC(F)(F)CC3)nc(-c3nc(CF)cs3)n2)C1. The molecule has 10 heteroatoms. The zero-order valence-corrected chi connectivity index (χ0v) is 19.0. The highest BCUT2D eigenvalue weighted by Crippen LogP contribution is 2.37. The van der Waals surface area contributed by atoms with Gasteiger partial charge in [-0.2, -0.15) is 4.98 Å². The molecule has 2 aromatic heterocycles. The summed E-state index contributed by atoms with van der Waals surface area (Å²) in [6.45, 7) is 4.04. The Labute approximate surface area is 189 Å². The van der Waals surface area contributed by atoms with Crippen LogP contribution in [0.15, 0.2) is 11.4 Å². The van der Waals surface area contributed by atoms with Crippen LogP contribution in [-0.4, -0.2) is 50.9 Å². The van der Waals surface area contributed by atoms with E-state index in [1.165, 1.54) is 11.3 Å². The normalized spacial score (nSPS) is 19.2. The van der Waals surface area contributed by atoms with Crippen LogP contribution in [-0.2, 0) is 17.9 Å². The van der Waals surface area contributed by atoms with Crippen LogP contribution in [0.2, 0.25) is 0 Å². The van der Waals surface area contributed by atoms with Gasteiger partial charge in [-0.3, -0.25) is 4.79 Å². The highest BCUT2D eigenvalue weighted by Gasteiger charge is 2.36. The lowest BCUT2D eigenvalue weighted by atomic mass is 9.84. The van der Waals surface area contributed by atoms with Crippen LogP contribution in [0.4, 0.5) is 13.2 Å². The van der Waals surface area contributed by atoms with Gasteiger partial charge in [-0.05, 0) is 25.2 Å². The highest BCUT2D eigenvalue weighted by atomic mass is 32.1. The molecule has 1 saturated carbocycles. The zero-order valence-electron chi connectivity index (χ0n) is 18.2. The van der Waals surface area contributed by atoms with Crippen LogP contribution in [0, 0.1) is 11.8 Å². The second-order valence-corrected chi connectivity index (χ2v) is 9.80. The van der Waals surface area contributed by atoms with Gasteiger partial charge in [0.2, 0.25) is 17.7 Å². The maximum Gasteiger partial charge on any atom is 0.248 e. The van der Waals surface area contributed by atoms with Gasteiger partial charge in [-0.15, -0.1) is 11.3 Å². The van der Waals surface area contributed by atoms with Gasteiger partial charge in [-0.1, -0.05) is 13.8 Å². The van der Waals surface area contributed by atoms with Crippen molar-refractivity contribution in [2.24, 2.45) is 11.8 Å². The molecule has 0 spiro atoms. The standard InChI is InChI=1S/C22H27F3N4O2S/c1-13(2)21(30)29-10-17(11-29)31-18-8-15(7-14-3-5-22(24,25)6-4-14)26-19(28-18)20-27-16(9-23)12-32-20/h8,12-14,17H,3-7,9-11H2,1-2H3. The van der Waals surface area contributed by atoms with E-state index in [1.807, 2.05) is 13.8 Å². The number of carbonyl (C=O) groups excluding carboxylic acids is 1. The van der Waals surface area contributed by atoms with E-state index in [0.29, 0.717) is 60.5 Å². The van der Waals surface area contributed by atoms with E-state index in [0.717, 1.165) is 0 Å². The highest BCUT2D eigenvalue weighted by molar-refractivity contribution is 7.13. The number of thiazole rings is 1. The van der Waals surface area contributed by atoms with Crippen LogP contribution >= 0.6 is 11.3 Å². The number of aromatic nitrogens is 3. The number of hydrogen-bond acceptors (Lipinski definition) is 6. The molecule has 174 valence electrons. The number of likely N-dealkylation sites (tertiary alicyclic amines) is 1. The molecule has 0 aromatic carbocycles. The lowest BCUT2D eigenvalue weighted by molar-refractivity contribution is -0.143. The van der Waals surface area contributed by atoms with Crippen LogP contribution in [0.1, 0.15) is 50.9 Å². The molecule has 1 aliphatic heterocycles. The van der Waals surface area contributed by atoms with E-state index >= 15 is 0 Å². The number of carbonyl (C=O) groups is 1. The fourth-order valence-corrected chi connectivity index (χ4v) is 4.76. The molecule has 1 aliphatic carbocycles. The first-order chi connectivity index (χ1) is 15.2. The van der Waals surface area contributed by atoms with Gasteiger partial charge in [0.1, 0.15) is 12.8 Å². The van der Waals surface area contributed by atoms with Gasteiger partial charge in [0, 0.05) is 35.9 Å². The molecule has 0 N–H and O–H groups in total. The molecule has 0 bridgehead atoms. The third-order valence-corrected chi connectivity index (χ3v) is 6.80. The average molecular weight is 469 g/mol. The second kappa shape index (κ2) is 9.33. The van der Waals surface area contributed by atoms with Crippen molar-refractivity contribution in [1.29, 1.82) is 0 Å². The number of rotatable bonds is 7. The molecule has 4 rings (SSSR count). The predicted octanol–water partition coefficient (Wildman–Crippen LogP) is 4.68. The first kappa shape index (κ1) is 22.9. The Balaban J connectivity index is 1.49. The van der Waals surface area contributed by atoms with Crippen molar-refractivity contribution in [3.05, 3.63) is 22.8 Å². The third kappa shape index (κ3) is 5.39. The van der Waals surface area contributed by atoms with E-state index in [-0.39, 0.29) is 36.7 Å². The number of amides is 1. The molecular weight excluding hydrogens is 441 g/mol. The average Bonchev–Trinajstić information content (AvgIpc) is 3.21. The Bertz CT molecular complexity index is 952. The fraction of sp³-hybridized carbons (Fsp3) is 0.636. The van der Waals surface area contributed by atoms with Crippen LogP contribution in [0.25, 0.3) is 10.8 Å². The van der Waals surface area contributed by atoms with Crippen molar-refractivity contribution in [3.8, 4) is 16.7 Å². The summed E-state index contributed by atoms with van der Waals surface area (Å²) < 4.78 is 46.0. The van der Waals surface area contributed by atoms with Crippen molar-refractivity contribution < 1.29 is 22.7 Å². The summed E-state index contributed by atoms with van der Waals surface area (Å²) in [7, 11) is 0. The molecule has 2 aliphatic rings. The van der Waals surface area contributed by atoms with Gasteiger partial charge in [-0.25, -0.2) is 23.1 Å². The van der Waals surface area contributed by atoms with Gasteiger partial charge in [0.05, 0.1) is 18.8 Å². The molecule has 32 heavy (non-hydrogen) atoms. The molecule has 0 unspecified atom stereocenters. The summed E-state index contributed by atoms with van der Waals surface area (Å²) in [6, 6.07) is 1.74. The Hall–Kier alpha value is -2.23. The number of alkyl halides is 3. The van der Waals surface area contributed by atoms with E-state index < -0.39 is 12.6 Å². The summed E-state index contributed by atoms with van der Waals surface area (Å²) in [5, 5.41) is 2.11. The van der Waals surface area contributed by atoms with E-state index in [2.05, 4.69) is 15.0 Å². The van der Waals surface area contributed by atoms with Crippen molar-refractivity contribution >= 4 is 17.2 Å². The van der Waals surface area contributed by atoms with Crippen LogP contribution < -0.4 is 4.74 Å². The predicted molar refractivity (Wildman–Crippen MR) is 114 cm³/mol. The van der Waals surface area contributed by atoms with E-state index in [4.69, 9.17) is 4.74 Å². The molecule has 6 nitrogen and oxygen atoms in total. The topological polar surface area (TPSA) is 68.2 Å². The minimum absolute atomic E-state index is 0.0642. The van der Waals surface area contributed by atoms with E-state index in [9.17, 15) is 18.0 Å². The first-order valence-electron chi connectivity index (χ1n) is 10.9. The second-order valence-electron chi connectivity index (χ2n) is 8.94. The number of halogens is 3. The minimum atomic E-state index is -2.57. The molecular formula is C22H27F3N4O2S. The first-order valence-corrected chi connectivity index (χ1v) is 11.8.